The first-order valence-corrected chi connectivity index (χ1v) is 4.35. The summed E-state index contributed by atoms with van der Waals surface area (Å²) < 4.78 is 0. The van der Waals surface area contributed by atoms with Crippen LogP contribution in [0, 0.1) is 0 Å². The van der Waals surface area contributed by atoms with E-state index in [-0.39, 0.29) is 0 Å². The van der Waals surface area contributed by atoms with Crippen LogP contribution in [0.5, 0.6) is 0 Å². The lowest BCUT2D eigenvalue weighted by Gasteiger charge is -2.02. The molecule has 0 radical (unpaired) electrons. The second-order valence-electron chi connectivity index (χ2n) is 3.20. The highest BCUT2D eigenvalue weighted by Crippen LogP contribution is 2.23. The Labute approximate surface area is 80.6 Å². The number of hydrogen-bond acceptors (Lipinski definition) is 2. The van der Waals surface area contributed by atoms with E-state index in [1.165, 1.54) is 0 Å². The van der Waals surface area contributed by atoms with Gasteiger partial charge in [-0.05, 0) is 24.6 Å². The average Bonchev–Trinajstić information content (AvgIpc) is 2.60. The Balaban J connectivity index is 2.58. The molecule has 1 atom stereocenters. The Bertz CT molecular complexity index is 476. The highest BCUT2D eigenvalue weighted by atomic mass is 16.4. The molecule has 4 nitrogen and oxygen atoms in total. The van der Waals surface area contributed by atoms with E-state index in [4.69, 9.17) is 5.11 Å². The van der Waals surface area contributed by atoms with Crippen molar-refractivity contribution in [1.29, 1.82) is 0 Å². The molecule has 0 saturated carbocycles. The average molecular weight is 190 g/mol. The molecule has 14 heavy (non-hydrogen) atoms. The number of nitrogens with zero attached hydrogens (tertiary/aromatic N) is 1. The van der Waals surface area contributed by atoms with Gasteiger partial charge in [0, 0.05) is 17.8 Å². The maximum absolute atomic E-state index is 10.8. The number of fused-ring (bicyclic) bond motifs is 1. The number of pyridine rings is 1. The number of aliphatic carboxylic acids is 1. The fourth-order valence-electron chi connectivity index (χ4n) is 1.47. The summed E-state index contributed by atoms with van der Waals surface area (Å²) in [6.07, 6.45) is 3.38. The molecule has 0 aliphatic heterocycles. The van der Waals surface area contributed by atoms with Gasteiger partial charge in [0.1, 0.15) is 5.65 Å². The van der Waals surface area contributed by atoms with Gasteiger partial charge >= 0.3 is 5.97 Å². The van der Waals surface area contributed by atoms with Gasteiger partial charge in [0.25, 0.3) is 0 Å². The number of aromatic amines is 1. The number of hydrogen-bond donors (Lipinski definition) is 2. The second-order valence-corrected chi connectivity index (χ2v) is 3.20. The molecular formula is C10H10N2O2. The van der Waals surface area contributed by atoms with Gasteiger partial charge in [-0.2, -0.15) is 0 Å². The molecule has 0 aliphatic carbocycles. The van der Waals surface area contributed by atoms with Crippen molar-refractivity contribution < 1.29 is 9.90 Å². The van der Waals surface area contributed by atoms with Gasteiger partial charge in [0.15, 0.2) is 0 Å². The van der Waals surface area contributed by atoms with Crippen LogP contribution in [0.15, 0.2) is 24.5 Å². The summed E-state index contributed by atoms with van der Waals surface area (Å²) in [7, 11) is 0. The molecule has 2 N–H and O–H groups in total. The van der Waals surface area contributed by atoms with Crippen LogP contribution in [0.1, 0.15) is 18.4 Å². The molecule has 0 aromatic carbocycles. The third kappa shape index (κ3) is 1.25. The Kier molecular flexibility index (Phi) is 1.96. The van der Waals surface area contributed by atoms with Gasteiger partial charge < -0.3 is 10.1 Å². The van der Waals surface area contributed by atoms with Crippen molar-refractivity contribution >= 4 is 17.0 Å². The lowest BCUT2D eigenvalue weighted by molar-refractivity contribution is -0.138. The van der Waals surface area contributed by atoms with Crippen LogP contribution >= 0.6 is 0 Å². The number of H-pyrrole nitrogens is 1. The standard InChI is InChI=1S/C10H10N2O2/c1-6(10(13)14)8-5-12-9-7(8)3-2-4-11-9/h2-6H,1H3,(H,11,12)(H,13,14)/t6-/m0/s1. The van der Waals surface area contributed by atoms with E-state index in [1.54, 1.807) is 25.4 Å². The Hall–Kier alpha value is -1.84. The number of carbonyl (C=O) groups is 1. The van der Waals surface area contributed by atoms with E-state index in [2.05, 4.69) is 9.97 Å². The van der Waals surface area contributed by atoms with Gasteiger partial charge in [-0.3, -0.25) is 4.79 Å². The number of carboxylic acid groups (broad SMARTS) is 1. The third-order valence-corrected chi connectivity index (χ3v) is 2.32. The Morgan fingerprint density at radius 1 is 1.64 bits per heavy atom. The van der Waals surface area contributed by atoms with Crippen LogP contribution in [0.4, 0.5) is 0 Å². The normalized spacial score (nSPS) is 12.9. The molecule has 0 saturated heterocycles. The summed E-state index contributed by atoms with van der Waals surface area (Å²) in [5, 5.41) is 9.76. The first kappa shape index (κ1) is 8.74. The van der Waals surface area contributed by atoms with E-state index in [1.807, 2.05) is 6.07 Å². The predicted octanol–water partition coefficient (Wildman–Crippen LogP) is 1.75. The maximum atomic E-state index is 10.8. The van der Waals surface area contributed by atoms with Crippen LogP contribution in [-0.4, -0.2) is 21.0 Å². The van der Waals surface area contributed by atoms with Crippen molar-refractivity contribution in [3.05, 3.63) is 30.1 Å². The van der Waals surface area contributed by atoms with Crippen molar-refractivity contribution in [3.63, 3.8) is 0 Å². The van der Waals surface area contributed by atoms with Crippen LogP contribution in [-0.2, 0) is 4.79 Å². The van der Waals surface area contributed by atoms with Gasteiger partial charge in [-0.25, -0.2) is 4.98 Å². The van der Waals surface area contributed by atoms with Gasteiger partial charge in [-0.15, -0.1) is 0 Å². The van der Waals surface area contributed by atoms with E-state index < -0.39 is 11.9 Å². The number of carboxylic acids is 1. The summed E-state index contributed by atoms with van der Waals surface area (Å²) in [5.41, 5.74) is 1.51. The molecule has 2 aromatic heterocycles. The summed E-state index contributed by atoms with van der Waals surface area (Å²) in [6, 6.07) is 3.67. The molecule has 4 heteroatoms. The van der Waals surface area contributed by atoms with Gasteiger partial charge in [0.05, 0.1) is 5.92 Å². The molecule has 0 spiro atoms. The quantitative estimate of drug-likeness (QED) is 0.758. The molecule has 72 valence electrons. The first-order valence-electron chi connectivity index (χ1n) is 4.35. The molecule has 0 unspecified atom stereocenters. The maximum Gasteiger partial charge on any atom is 0.310 e. The summed E-state index contributed by atoms with van der Waals surface area (Å²) in [6.45, 7) is 1.66. The summed E-state index contributed by atoms with van der Waals surface area (Å²) >= 11 is 0. The van der Waals surface area contributed by atoms with Crippen molar-refractivity contribution in [2.75, 3.05) is 0 Å². The predicted molar refractivity (Wildman–Crippen MR) is 52.1 cm³/mol. The van der Waals surface area contributed by atoms with Crippen LogP contribution < -0.4 is 0 Å². The van der Waals surface area contributed by atoms with Crippen LogP contribution in [0.2, 0.25) is 0 Å². The lowest BCUT2D eigenvalue weighted by atomic mass is 10.0. The SMILES string of the molecule is C[C@H](C(=O)O)c1c[nH]c2ncccc12. The van der Waals surface area contributed by atoms with E-state index in [9.17, 15) is 4.79 Å². The number of nitrogens with one attached hydrogen (secondary N) is 1. The minimum Gasteiger partial charge on any atom is -0.481 e. The van der Waals surface area contributed by atoms with Crippen molar-refractivity contribution in [2.24, 2.45) is 0 Å². The van der Waals surface area contributed by atoms with E-state index in [0.717, 1.165) is 16.6 Å². The second kappa shape index (κ2) is 3.14. The minimum absolute atomic E-state index is 0.507. The monoisotopic (exact) mass is 190 g/mol. The first-order chi connectivity index (χ1) is 6.70. The van der Waals surface area contributed by atoms with Crippen LogP contribution in [0.25, 0.3) is 11.0 Å². The highest BCUT2D eigenvalue weighted by Gasteiger charge is 2.17. The fraction of sp³-hybridized carbons (Fsp3) is 0.200. The molecule has 0 amide bonds. The van der Waals surface area contributed by atoms with Gasteiger partial charge in [-0.1, -0.05) is 0 Å². The van der Waals surface area contributed by atoms with E-state index >= 15 is 0 Å². The summed E-state index contributed by atoms with van der Waals surface area (Å²) in [4.78, 5) is 17.9. The molecule has 2 rings (SSSR count). The zero-order chi connectivity index (χ0) is 10.1. The molecular weight excluding hydrogens is 180 g/mol. The minimum atomic E-state index is -0.824. The lowest BCUT2D eigenvalue weighted by Crippen LogP contribution is -2.06. The fourth-order valence-corrected chi connectivity index (χ4v) is 1.47. The molecule has 0 fully saturated rings. The molecule has 2 aromatic rings. The zero-order valence-electron chi connectivity index (χ0n) is 7.69. The Morgan fingerprint density at radius 3 is 3.14 bits per heavy atom. The van der Waals surface area contributed by atoms with E-state index in [0.29, 0.717) is 0 Å². The largest absolute Gasteiger partial charge is 0.481 e. The molecule has 2 heterocycles. The number of rotatable bonds is 2. The summed E-state index contributed by atoms with van der Waals surface area (Å²) in [5.74, 6) is -1.33. The zero-order valence-corrected chi connectivity index (χ0v) is 7.69. The third-order valence-electron chi connectivity index (χ3n) is 2.32. The number of aromatic nitrogens is 2. The Morgan fingerprint density at radius 2 is 2.43 bits per heavy atom. The topological polar surface area (TPSA) is 66.0 Å². The molecule has 0 bridgehead atoms. The highest BCUT2D eigenvalue weighted by molar-refractivity contribution is 5.87. The smallest absolute Gasteiger partial charge is 0.310 e. The van der Waals surface area contributed by atoms with Crippen molar-refractivity contribution in [2.45, 2.75) is 12.8 Å². The van der Waals surface area contributed by atoms with Crippen molar-refractivity contribution in [3.8, 4) is 0 Å². The van der Waals surface area contributed by atoms with Crippen molar-refractivity contribution in [1.82, 2.24) is 9.97 Å². The van der Waals surface area contributed by atoms with Gasteiger partial charge in [0.2, 0.25) is 0 Å². The molecule has 0 aliphatic rings. The van der Waals surface area contributed by atoms with Crippen LogP contribution in [0.3, 0.4) is 0 Å².